The van der Waals surface area contributed by atoms with E-state index in [2.05, 4.69) is 33.3 Å². The minimum absolute atomic E-state index is 0.0215. The Balaban J connectivity index is 1.41. The number of likely N-dealkylation sites (tertiary alicyclic amines) is 2. The summed E-state index contributed by atoms with van der Waals surface area (Å²) in [6.45, 7) is 7.01. The number of nitrogens with two attached hydrogens (primary N) is 1. The fourth-order valence-corrected chi connectivity index (χ4v) is 5.50. The Morgan fingerprint density at radius 2 is 2.03 bits per heavy atom. The molecule has 2 N–H and O–H groups in total. The molecule has 2 fully saturated rings. The lowest BCUT2D eigenvalue weighted by Crippen LogP contribution is -2.55. The molecule has 1 amide bonds. The molecule has 3 aromatic rings. The van der Waals surface area contributed by atoms with Gasteiger partial charge >= 0.3 is 0 Å². The van der Waals surface area contributed by atoms with E-state index in [0.717, 1.165) is 61.2 Å². The summed E-state index contributed by atoms with van der Waals surface area (Å²) in [6.07, 6.45) is 4.83. The van der Waals surface area contributed by atoms with Crippen LogP contribution in [0.5, 0.6) is 5.75 Å². The van der Waals surface area contributed by atoms with E-state index in [-0.39, 0.29) is 11.8 Å². The van der Waals surface area contributed by atoms with E-state index in [4.69, 9.17) is 22.1 Å². The molecule has 9 heteroatoms. The Bertz CT molecular complexity index is 1390. The second-order valence-electron chi connectivity index (χ2n) is 9.24. The molecule has 36 heavy (non-hydrogen) atoms. The summed E-state index contributed by atoms with van der Waals surface area (Å²) in [5, 5.41) is 1.25. The number of benzene rings is 1. The Labute approximate surface area is 215 Å². The number of rotatable bonds is 4. The lowest BCUT2D eigenvalue weighted by atomic mass is 9.93. The van der Waals surface area contributed by atoms with Gasteiger partial charge in [0.15, 0.2) is 0 Å². The normalized spacial score (nSPS) is 16.9. The first-order valence-corrected chi connectivity index (χ1v) is 12.4. The van der Waals surface area contributed by atoms with Crippen molar-refractivity contribution in [3.05, 3.63) is 47.9 Å². The number of anilines is 1. The van der Waals surface area contributed by atoms with Crippen molar-refractivity contribution in [3.8, 4) is 28.7 Å². The van der Waals surface area contributed by atoms with Crippen LogP contribution in [0.15, 0.2) is 37.2 Å². The van der Waals surface area contributed by atoms with Gasteiger partial charge < -0.3 is 19.9 Å². The van der Waals surface area contributed by atoms with Crippen LogP contribution in [0.2, 0.25) is 5.02 Å². The molecule has 0 radical (unpaired) electrons. The number of ether oxygens (including phenoxy) is 1. The number of hydrogen-bond acceptors (Lipinski definition) is 6. The Kier molecular flexibility index (Phi) is 6.61. The molecule has 2 aliphatic rings. The lowest BCUT2D eigenvalue weighted by molar-refractivity contribution is -0.127. The molecule has 0 aliphatic carbocycles. The molecular weight excluding hydrogens is 476 g/mol. The van der Waals surface area contributed by atoms with E-state index in [1.165, 1.54) is 12.4 Å². The van der Waals surface area contributed by atoms with Crippen molar-refractivity contribution in [1.82, 2.24) is 24.3 Å². The molecule has 4 heterocycles. The van der Waals surface area contributed by atoms with Crippen LogP contribution < -0.4 is 10.5 Å². The number of halogens is 1. The number of nitrogens with zero attached hydrogens (tertiary/aromatic N) is 5. The number of fused-ring (bicyclic) bond motifs is 1. The van der Waals surface area contributed by atoms with Gasteiger partial charge in [-0.2, -0.15) is 0 Å². The van der Waals surface area contributed by atoms with Crippen molar-refractivity contribution in [2.75, 3.05) is 39.0 Å². The van der Waals surface area contributed by atoms with Crippen LogP contribution in [0.3, 0.4) is 0 Å². The van der Waals surface area contributed by atoms with Gasteiger partial charge in [0.1, 0.15) is 29.2 Å². The number of para-hydroxylation sites is 1. The van der Waals surface area contributed by atoms with Crippen LogP contribution in [0.1, 0.15) is 18.5 Å². The molecule has 0 bridgehead atoms. The van der Waals surface area contributed by atoms with Crippen molar-refractivity contribution in [2.24, 2.45) is 13.0 Å². The number of nitrogen functional groups attached to an aromatic ring is 1. The molecule has 2 aliphatic heterocycles. The van der Waals surface area contributed by atoms with Gasteiger partial charge in [0.2, 0.25) is 5.91 Å². The van der Waals surface area contributed by atoms with Crippen molar-refractivity contribution >= 4 is 34.4 Å². The predicted octanol–water partition coefficient (Wildman–Crippen LogP) is 3.34. The van der Waals surface area contributed by atoms with Gasteiger partial charge in [-0.25, -0.2) is 9.97 Å². The van der Waals surface area contributed by atoms with E-state index >= 15 is 0 Å². The largest absolute Gasteiger partial charge is 0.495 e. The second kappa shape index (κ2) is 9.84. The number of aryl methyl sites for hydroxylation is 1. The highest BCUT2D eigenvalue weighted by Crippen LogP contribution is 2.43. The third-order valence-electron chi connectivity index (χ3n) is 7.21. The lowest BCUT2D eigenvalue weighted by Gasteiger charge is -2.45. The molecule has 0 spiro atoms. The smallest absolute Gasteiger partial charge is 0.245 e. The molecule has 8 nitrogen and oxygen atoms in total. The fraction of sp³-hybridized carbons (Fsp3) is 0.370. The van der Waals surface area contributed by atoms with Gasteiger partial charge in [0.25, 0.3) is 0 Å². The van der Waals surface area contributed by atoms with E-state index in [9.17, 15) is 4.79 Å². The van der Waals surface area contributed by atoms with Gasteiger partial charge in [-0.05, 0) is 30.9 Å². The number of carbonyl (C=O) groups excluding carboxylic acids is 1. The molecule has 0 unspecified atom stereocenters. The van der Waals surface area contributed by atoms with Gasteiger partial charge in [0.05, 0.1) is 17.5 Å². The average Bonchev–Trinajstić information content (AvgIpc) is 3.15. The topological polar surface area (TPSA) is 89.5 Å². The summed E-state index contributed by atoms with van der Waals surface area (Å²) >= 11 is 6.45. The molecule has 2 saturated heterocycles. The van der Waals surface area contributed by atoms with Crippen LogP contribution in [0, 0.1) is 17.8 Å². The highest BCUT2D eigenvalue weighted by molar-refractivity contribution is 6.32. The van der Waals surface area contributed by atoms with Crippen molar-refractivity contribution < 1.29 is 9.53 Å². The summed E-state index contributed by atoms with van der Waals surface area (Å²) in [4.78, 5) is 24.9. The average molecular weight is 505 g/mol. The minimum atomic E-state index is 0.0215. The number of hydrogen-bond donors (Lipinski definition) is 1. The van der Waals surface area contributed by atoms with E-state index in [1.807, 2.05) is 28.6 Å². The molecule has 0 saturated carbocycles. The van der Waals surface area contributed by atoms with Gasteiger partial charge in [0, 0.05) is 56.3 Å². The number of amides is 1. The van der Waals surface area contributed by atoms with Crippen LogP contribution >= 0.6 is 11.6 Å². The van der Waals surface area contributed by atoms with Crippen LogP contribution in [-0.2, 0) is 11.8 Å². The second-order valence-corrected chi connectivity index (χ2v) is 9.65. The summed E-state index contributed by atoms with van der Waals surface area (Å²) in [5.41, 5.74) is 9.45. The number of methoxy groups -OCH3 is 1. The first kappa shape index (κ1) is 24.2. The standard InChI is InChI=1S/C27H29ClN6O2/c1-4-22(35)33-12-10-18(11-13-33)34-14-17(15-34)8-9-21-23(19-6-5-7-20(28)25(19)36-3)24-26(29)30-16-31-27(24)32(21)2/h4-7,16-18H,1,10-15H2,2-3H3,(H2,29,30,31). The van der Waals surface area contributed by atoms with Crippen molar-refractivity contribution in [3.63, 3.8) is 0 Å². The minimum Gasteiger partial charge on any atom is -0.495 e. The van der Waals surface area contributed by atoms with E-state index in [0.29, 0.717) is 28.3 Å². The quantitative estimate of drug-likeness (QED) is 0.433. The maximum atomic E-state index is 11.8. The number of piperidine rings is 1. The highest BCUT2D eigenvalue weighted by Gasteiger charge is 2.34. The molecular formula is C27H29ClN6O2. The molecule has 0 atom stereocenters. The van der Waals surface area contributed by atoms with Gasteiger partial charge in [-0.15, -0.1) is 0 Å². The van der Waals surface area contributed by atoms with Crippen molar-refractivity contribution in [2.45, 2.75) is 18.9 Å². The fourth-order valence-electron chi connectivity index (χ4n) is 5.25. The highest BCUT2D eigenvalue weighted by atomic mass is 35.5. The Morgan fingerprint density at radius 1 is 1.28 bits per heavy atom. The molecule has 1 aromatic carbocycles. The monoisotopic (exact) mass is 504 g/mol. The molecule has 5 rings (SSSR count). The third kappa shape index (κ3) is 4.19. The SMILES string of the molecule is C=CC(=O)N1CCC(N2CC(C#Cc3c(-c4cccc(Cl)c4OC)c4c(N)ncnc4n3C)C2)CC1. The maximum absolute atomic E-state index is 11.8. The summed E-state index contributed by atoms with van der Waals surface area (Å²) in [7, 11) is 3.53. The maximum Gasteiger partial charge on any atom is 0.245 e. The zero-order valence-corrected chi connectivity index (χ0v) is 21.3. The summed E-state index contributed by atoms with van der Waals surface area (Å²) in [6, 6.07) is 6.12. The third-order valence-corrected chi connectivity index (χ3v) is 7.51. The first-order chi connectivity index (χ1) is 17.4. The molecule has 186 valence electrons. The zero-order valence-electron chi connectivity index (χ0n) is 20.5. The Hall–Kier alpha value is -3.54. The van der Waals surface area contributed by atoms with Crippen molar-refractivity contribution in [1.29, 1.82) is 0 Å². The number of carbonyl (C=O) groups is 1. The van der Waals surface area contributed by atoms with Gasteiger partial charge in [-0.3, -0.25) is 9.69 Å². The van der Waals surface area contributed by atoms with Crippen LogP contribution in [0.25, 0.3) is 22.2 Å². The zero-order chi connectivity index (χ0) is 25.4. The summed E-state index contributed by atoms with van der Waals surface area (Å²) < 4.78 is 7.60. The predicted molar refractivity (Wildman–Crippen MR) is 142 cm³/mol. The van der Waals surface area contributed by atoms with E-state index < -0.39 is 0 Å². The molecule has 2 aromatic heterocycles. The Morgan fingerprint density at radius 3 is 2.72 bits per heavy atom. The van der Waals surface area contributed by atoms with Crippen LogP contribution in [-0.4, -0.2) is 69.6 Å². The van der Waals surface area contributed by atoms with Crippen LogP contribution in [0.4, 0.5) is 5.82 Å². The number of aromatic nitrogens is 3. The van der Waals surface area contributed by atoms with Gasteiger partial charge in [-0.1, -0.05) is 36.2 Å². The van der Waals surface area contributed by atoms with E-state index in [1.54, 1.807) is 13.2 Å². The first-order valence-electron chi connectivity index (χ1n) is 12.0. The summed E-state index contributed by atoms with van der Waals surface area (Å²) in [5.74, 6) is 8.14.